The Morgan fingerprint density at radius 2 is 2.25 bits per heavy atom. The molecular formula is C15H21N3O2. The molecule has 2 N–H and O–H groups in total. The minimum atomic E-state index is -0.730. The van der Waals surface area contributed by atoms with E-state index in [1.807, 2.05) is 42.6 Å². The van der Waals surface area contributed by atoms with Gasteiger partial charge in [-0.2, -0.15) is 0 Å². The maximum absolute atomic E-state index is 11.2. The number of rotatable bonds is 7. The molecule has 0 aliphatic heterocycles. The number of pyridine rings is 1. The number of aromatic nitrogens is 2. The van der Waals surface area contributed by atoms with Gasteiger partial charge < -0.3 is 14.8 Å². The number of fused-ring (bicyclic) bond motifs is 1. The van der Waals surface area contributed by atoms with Gasteiger partial charge in [0.2, 0.25) is 0 Å². The highest BCUT2D eigenvalue weighted by Crippen LogP contribution is 2.12. The smallest absolute Gasteiger partial charge is 0.307 e. The van der Waals surface area contributed by atoms with Crippen LogP contribution in [0.4, 0.5) is 0 Å². The molecule has 20 heavy (non-hydrogen) atoms. The zero-order valence-electron chi connectivity index (χ0n) is 11.9. The first-order valence-electron chi connectivity index (χ1n) is 6.92. The summed E-state index contributed by atoms with van der Waals surface area (Å²) in [6.45, 7) is 5.21. The molecule has 0 radical (unpaired) electrons. The molecule has 5 heteroatoms. The van der Waals surface area contributed by atoms with Gasteiger partial charge in [0.25, 0.3) is 0 Å². The summed E-state index contributed by atoms with van der Waals surface area (Å²) in [6, 6.07) is 5.92. The van der Waals surface area contributed by atoms with Crippen molar-refractivity contribution < 1.29 is 9.90 Å². The van der Waals surface area contributed by atoms with Crippen LogP contribution in [0.25, 0.3) is 5.65 Å². The third-order valence-corrected chi connectivity index (χ3v) is 3.31. The lowest BCUT2D eigenvalue weighted by Crippen LogP contribution is -2.29. The second-order valence-electron chi connectivity index (χ2n) is 5.47. The molecule has 1 atom stereocenters. The van der Waals surface area contributed by atoms with Crippen molar-refractivity contribution in [1.82, 2.24) is 14.7 Å². The highest BCUT2D eigenvalue weighted by Gasteiger charge is 2.18. The molecule has 0 saturated heterocycles. The van der Waals surface area contributed by atoms with E-state index in [9.17, 15) is 9.90 Å². The average Bonchev–Trinajstić information content (AvgIpc) is 2.86. The molecule has 108 valence electrons. The normalized spacial score (nSPS) is 12.9. The van der Waals surface area contributed by atoms with Crippen LogP contribution in [-0.2, 0) is 11.3 Å². The van der Waals surface area contributed by atoms with Gasteiger partial charge in [0.15, 0.2) is 0 Å². The summed E-state index contributed by atoms with van der Waals surface area (Å²) in [5.41, 5.74) is 1.98. The monoisotopic (exact) mass is 275 g/mol. The topological polar surface area (TPSA) is 66.6 Å². The van der Waals surface area contributed by atoms with E-state index < -0.39 is 5.97 Å². The Balaban J connectivity index is 1.94. The highest BCUT2D eigenvalue weighted by atomic mass is 16.4. The third-order valence-electron chi connectivity index (χ3n) is 3.31. The zero-order chi connectivity index (χ0) is 14.5. The van der Waals surface area contributed by atoms with E-state index in [1.165, 1.54) is 0 Å². The third kappa shape index (κ3) is 3.57. The van der Waals surface area contributed by atoms with Crippen LogP contribution in [0, 0.1) is 11.8 Å². The SMILES string of the molecule is CC(C)CC(CNCc1cccc2nccn12)C(=O)O. The fourth-order valence-corrected chi connectivity index (χ4v) is 2.37. The fraction of sp³-hybridized carbons (Fsp3) is 0.467. The van der Waals surface area contributed by atoms with Crippen molar-refractivity contribution in [1.29, 1.82) is 0 Å². The minimum absolute atomic E-state index is 0.336. The summed E-state index contributed by atoms with van der Waals surface area (Å²) in [5.74, 6) is -0.681. The van der Waals surface area contributed by atoms with Crippen molar-refractivity contribution in [3.63, 3.8) is 0 Å². The van der Waals surface area contributed by atoms with Crippen molar-refractivity contribution in [3.05, 3.63) is 36.3 Å². The molecule has 0 bridgehead atoms. The van der Waals surface area contributed by atoms with Crippen LogP contribution >= 0.6 is 0 Å². The van der Waals surface area contributed by atoms with Crippen LogP contribution in [0.15, 0.2) is 30.6 Å². The van der Waals surface area contributed by atoms with Crippen LogP contribution in [0.3, 0.4) is 0 Å². The highest BCUT2D eigenvalue weighted by molar-refractivity contribution is 5.70. The van der Waals surface area contributed by atoms with E-state index in [2.05, 4.69) is 10.3 Å². The molecule has 1 unspecified atom stereocenters. The van der Waals surface area contributed by atoms with Crippen LogP contribution < -0.4 is 5.32 Å². The fourth-order valence-electron chi connectivity index (χ4n) is 2.37. The molecule has 0 aliphatic rings. The predicted octanol–water partition coefficient (Wildman–Crippen LogP) is 2.17. The van der Waals surface area contributed by atoms with Crippen molar-refractivity contribution in [2.75, 3.05) is 6.54 Å². The molecule has 0 fully saturated rings. The molecule has 0 spiro atoms. The van der Waals surface area contributed by atoms with Gasteiger partial charge in [0.05, 0.1) is 5.92 Å². The Morgan fingerprint density at radius 1 is 1.45 bits per heavy atom. The molecule has 0 saturated carbocycles. The van der Waals surface area contributed by atoms with E-state index in [0.29, 0.717) is 25.4 Å². The van der Waals surface area contributed by atoms with Crippen LogP contribution in [0.2, 0.25) is 0 Å². The Morgan fingerprint density at radius 3 is 2.95 bits per heavy atom. The second kappa shape index (κ2) is 6.52. The number of imidazole rings is 1. The van der Waals surface area contributed by atoms with Crippen LogP contribution in [0.5, 0.6) is 0 Å². The predicted molar refractivity (Wildman–Crippen MR) is 77.5 cm³/mol. The van der Waals surface area contributed by atoms with Crippen molar-refractivity contribution in [2.45, 2.75) is 26.8 Å². The summed E-state index contributed by atoms with van der Waals surface area (Å²) in [5, 5.41) is 12.4. The minimum Gasteiger partial charge on any atom is -0.481 e. The lowest BCUT2D eigenvalue weighted by atomic mass is 9.97. The van der Waals surface area contributed by atoms with E-state index in [-0.39, 0.29) is 5.92 Å². The Kier molecular flexibility index (Phi) is 4.74. The van der Waals surface area contributed by atoms with Gasteiger partial charge >= 0.3 is 5.97 Å². The summed E-state index contributed by atoms with van der Waals surface area (Å²) in [4.78, 5) is 15.4. The van der Waals surface area contributed by atoms with E-state index >= 15 is 0 Å². The van der Waals surface area contributed by atoms with Gasteiger partial charge in [-0.05, 0) is 24.5 Å². The Bertz CT molecular complexity index is 577. The molecule has 2 aromatic heterocycles. The molecule has 0 aromatic carbocycles. The van der Waals surface area contributed by atoms with E-state index in [1.54, 1.807) is 6.20 Å². The summed E-state index contributed by atoms with van der Waals surface area (Å²) < 4.78 is 2.01. The van der Waals surface area contributed by atoms with Crippen molar-refractivity contribution in [3.8, 4) is 0 Å². The first-order valence-corrected chi connectivity index (χ1v) is 6.92. The number of nitrogens with one attached hydrogen (secondary N) is 1. The standard InChI is InChI=1S/C15H21N3O2/c1-11(2)8-12(15(19)20)9-16-10-13-4-3-5-14-17-6-7-18(13)14/h3-7,11-12,16H,8-10H2,1-2H3,(H,19,20). The van der Waals surface area contributed by atoms with Gasteiger partial charge in [0, 0.05) is 31.2 Å². The summed E-state index contributed by atoms with van der Waals surface area (Å²) in [6.07, 6.45) is 4.37. The number of hydrogen-bond donors (Lipinski definition) is 2. The number of nitrogens with zero attached hydrogens (tertiary/aromatic N) is 2. The van der Waals surface area contributed by atoms with E-state index in [4.69, 9.17) is 0 Å². The first-order chi connectivity index (χ1) is 9.58. The van der Waals surface area contributed by atoms with Gasteiger partial charge in [0.1, 0.15) is 5.65 Å². The zero-order valence-corrected chi connectivity index (χ0v) is 11.9. The quantitative estimate of drug-likeness (QED) is 0.812. The van der Waals surface area contributed by atoms with Gasteiger partial charge in [-0.15, -0.1) is 0 Å². The van der Waals surface area contributed by atoms with Gasteiger partial charge in [-0.3, -0.25) is 4.79 Å². The van der Waals surface area contributed by atoms with Crippen LogP contribution in [0.1, 0.15) is 26.0 Å². The van der Waals surface area contributed by atoms with E-state index in [0.717, 1.165) is 11.3 Å². The number of hydrogen-bond acceptors (Lipinski definition) is 3. The average molecular weight is 275 g/mol. The number of carboxylic acids is 1. The maximum Gasteiger partial charge on any atom is 0.307 e. The number of carboxylic acid groups (broad SMARTS) is 1. The van der Waals surface area contributed by atoms with Crippen molar-refractivity contribution in [2.24, 2.45) is 11.8 Å². The molecule has 2 aromatic rings. The lowest BCUT2D eigenvalue weighted by molar-refractivity contribution is -0.142. The largest absolute Gasteiger partial charge is 0.481 e. The number of aliphatic carboxylic acids is 1. The van der Waals surface area contributed by atoms with Crippen molar-refractivity contribution >= 4 is 11.6 Å². The Labute approximate surface area is 118 Å². The molecule has 2 heterocycles. The second-order valence-corrected chi connectivity index (χ2v) is 5.47. The van der Waals surface area contributed by atoms with Gasteiger partial charge in [-0.25, -0.2) is 4.98 Å². The van der Waals surface area contributed by atoms with Gasteiger partial charge in [-0.1, -0.05) is 19.9 Å². The first kappa shape index (κ1) is 14.5. The number of carbonyl (C=O) groups is 1. The summed E-state index contributed by atoms with van der Waals surface area (Å²) in [7, 11) is 0. The Hall–Kier alpha value is -1.88. The molecule has 5 nitrogen and oxygen atoms in total. The molecule has 2 rings (SSSR count). The maximum atomic E-state index is 11.2. The summed E-state index contributed by atoms with van der Waals surface area (Å²) >= 11 is 0. The molecule has 0 aliphatic carbocycles. The molecular weight excluding hydrogens is 254 g/mol. The van der Waals surface area contributed by atoms with Crippen LogP contribution in [-0.4, -0.2) is 27.0 Å². The lowest BCUT2D eigenvalue weighted by Gasteiger charge is -2.15. The molecule has 0 amide bonds.